The molecule has 1 N–H and O–H groups in total. The largest absolute Gasteiger partial charge is 0.481 e. The minimum atomic E-state index is -2.72. The fourth-order valence-electron chi connectivity index (χ4n) is 2.39. The van der Waals surface area contributed by atoms with Gasteiger partial charge in [-0.2, -0.15) is 0 Å². The van der Waals surface area contributed by atoms with E-state index in [9.17, 15) is 13.6 Å². The summed E-state index contributed by atoms with van der Waals surface area (Å²) in [5.74, 6) is -5.63. The first-order valence-corrected chi connectivity index (χ1v) is 4.14. The van der Waals surface area contributed by atoms with E-state index < -0.39 is 23.7 Å². The number of aliphatic carboxylic acids is 1. The third-order valence-corrected chi connectivity index (χ3v) is 2.99. The summed E-state index contributed by atoms with van der Waals surface area (Å²) in [6, 6.07) is 0. The van der Waals surface area contributed by atoms with Gasteiger partial charge in [0.2, 0.25) is 0 Å². The zero-order chi connectivity index (χ0) is 8.93. The van der Waals surface area contributed by atoms with Crippen LogP contribution in [0.1, 0.15) is 19.3 Å². The molecule has 0 radical (unpaired) electrons. The Kier molecular flexibility index (Phi) is 1.44. The lowest BCUT2D eigenvalue weighted by Crippen LogP contribution is -2.24. The smallest absolute Gasteiger partial charge is 0.307 e. The number of hydrogen-bond acceptors (Lipinski definition) is 1. The van der Waals surface area contributed by atoms with Crippen LogP contribution >= 0.6 is 0 Å². The Hall–Kier alpha value is -0.670. The summed E-state index contributed by atoms with van der Waals surface area (Å²) < 4.78 is 26.0. The third kappa shape index (κ3) is 0.934. The van der Waals surface area contributed by atoms with Crippen LogP contribution in [0.2, 0.25) is 0 Å². The molecule has 3 atom stereocenters. The molecule has 0 spiro atoms. The number of rotatable bonds is 1. The highest BCUT2D eigenvalue weighted by molar-refractivity contribution is 5.74. The van der Waals surface area contributed by atoms with Gasteiger partial charge in [-0.15, -0.1) is 0 Å². The van der Waals surface area contributed by atoms with Crippen LogP contribution in [-0.4, -0.2) is 17.0 Å². The summed E-state index contributed by atoms with van der Waals surface area (Å²) >= 11 is 0. The molecule has 2 fully saturated rings. The van der Waals surface area contributed by atoms with E-state index in [1.807, 2.05) is 0 Å². The van der Waals surface area contributed by atoms with E-state index in [-0.39, 0.29) is 12.3 Å². The van der Waals surface area contributed by atoms with Gasteiger partial charge < -0.3 is 5.11 Å². The Balaban J connectivity index is 2.14. The standard InChI is InChI=1S/C8H10F2O2/c9-8(10)3-1-2-4-5(6(4)8)7(11)12/h4-6H,1-3H2,(H,11,12). The van der Waals surface area contributed by atoms with Gasteiger partial charge in [0.1, 0.15) is 0 Å². The summed E-state index contributed by atoms with van der Waals surface area (Å²) in [6.07, 6.45) is 1.01. The molecule has 0 saturated heterocycles. The number of fused-ring (bicyclic) bond motifs is 1. The maximum atomic E-state index is 13.0. The first kappa shape index (κ1) is 7.95. The number of alkyl halides is 2. The minimum Gasteiger partial charge on any atom is -0.481 e. The van der Waals surface area contributed by atoms with Crippen molar-refractivity contribution in [1.29, 1.82) is 0 Å². The Bertz CT molecular complexity index is 227. The van der Waals surface area contributed by atoms with E-state index in [0.717, 1.165) is 0 Å². The molecule has 3 unspecified atom stereocenters. The highest BCUT2D eigenvalue weighted by Gasteiger charge is 2.67. The van der Waals surface area contributed by atoms with Crippen LogP contribution in [0, 0.1) is 17.8 Å². The van der Waals surface area contributed by atoms with Crippen LogP contribution in [0.4, 0.5) is 8.78 Å². The molecule has 12 heavy (non-hydrogen) atoms. The molecule has 0 heterocycles. The van der Waals surface area contributed by atoms with Gasteiger partial charge in [0.05, 0.1) is 5.92 Å². The molecular weight excluding hydrogens is 166 g/mol. The number of carboxylic acids is 1. The van der Waals surface area contributed by atoms with E-state index in [1.165, 1.54) is 0 Å². The summed E-state index contributed by atoms with van der Waals surface area (Å²) in [6.45, 7) is 0. The van der Waals surface area contributed by atoms with Crippen molar-refractivity contribution < 1.29 is 18.7 Å². The predicted octanol–water partition coefficient (Wildman–Crippen LogP) is 1.75. The number of halogens is 2. The molecule has 4 heteroatoms. The zero-order valence-corrected chi connectivity index (χ0v) is 6.46. The van der Waals surface area contributed by atoms with Crippen LogP contribution in [0.15, 0.2) is 0 Å². The monoisotopic (exact) mass is 176 g/mol. The fraction of sp³-hybridized carbons (Fsp3) is 0.875. The maximum absolute atomic E-state index is 13.0. The van der Waals surface area contributed by atoms with Gasteiger partial charge in [0.15, 0.2) is 0 Å². The number of hydrogen-bond donors (Lipinski definition) is 1. The molecule has 0 aromatic heterocycles. The van der Waals surface area contributed by atoms with Crippen molar-refractivity contribution in [3.63, 3.8) is 0 Å². The topological polar surface area (TPSA) is 37.3 Å². The molecular formula is C8H10F2O2. The molecule has 0 aliphatic heterocycles. The van der Waals surface area contributed by atoms with Gasteiger partial charge in [-0.05, 0) is 18.8 Å². The highest BCUT2D eigenvalue weighted by Crippen LogP contribution is 2.61. The lowest BCUT2D eigenvalue weighted by Gasteiger charge is -2.19. The third-order valence-electron chi connectivity index (χ3n) is 2.99. The molecule has 2 aliphatic carbocycles. The Morgan fingerprint density at radius 1 is 1.50 bits per heavy atom. The maximum Gasteiger partial charge on any atom is 0.307 e. The number of carbonyl (C=O) groups is 1. The van der Waals surface area contributed by atoms with Crippen molar-refractivity contribution in [2.24, 2.45) is 17.8 Å². The van der Waals surface area contributed by atoms with Crippen molar-refractivity contribution in [2.75, 3.05) is 0 Å². The van der Waals surface area contributed by atoms with E-state index in [1.54, 1.807) is 0 Å². The molecule has 0 bridgehead atoms. The van der Waals surface area contributed by atoms with Gasteiger partial charge in [0.25, 0.3) is 5.92 Å². The fourth-order valence-corrected chi connectivity index (χ4v) is 2.39. The summed E-state index contributed by atoms with van der Waals surface area (Å²) in [5.41, 5.74) is 0. The van der Waals surface area contributed by atoms with Crippen molar-refractivity contribution in [3.8, 4) is 0 Å². The first-order valence-electron chi connectivity index (χ1n) is 4.14. The Morgan fingerprint density at radius 3 is 2.67 bits per heavy atom. The molecule has 2 aliphatic rings. The molecule has 68 valence electrons. The van der Waals surface area contributed by atoms with Crippen molar-refractivity contribution >= 4 is 5.97 Å². The van der Waals surface area contributed by atoms with Crippen molar-refractivity contribution in [2.45, 2.75) is 25.2 Å². The molecule has 0 aromatic rings. The number of carboxylic acid groups (broad SMARTS) is 1. The normalized spacial score (nSPS) is 43.3. The quantitative estimate of drug-likeness (QED) is 0.660. The average Bonchev–Trinajstić information content (AvgIpc) is 2.61. The van der Waals surface area contributed by atoms with E-state index in [0.29, 0.717) is 12.8 Å². The van der Waals surface area contributed by atoms with Gasteiger partial charge in [0, 0.05) is 12.3 Å². The van der Waals surface area contributed by atoms with Crippen LogP contribution in [-0.2, 0) is 4.79 Å². The molecule has 2 saturated carbocycles. The van der Waals surface area contributed by atoms with Crippen LogP contribution in [0.3, 0.4) is 0 Å². The Labute approximate surface area is 68.6 Å². The van der Waals surface area contributed by atoms with E-state index in [2.05, 4.69) is 0 Å². The second kappa shape index (κ2) is 2.18. The van der Waals surface area contributed by atoms with E-state index in [4.69, 9.17) is 5.11 Å². The average molecular weight is 176 g/mol. The second-order valence-corrected chi connectivity index (χ2v) is 3.71. The van der Waals surface area contributed by atoms with Crippen LogP contribution < -0.4 is 0 Å². The van der Waals surface area contributed by atoms with Crippen molar-refractivity contribution in [3.05, 3.63) is 0 Å². The predicted molar refractivity (Wildman–Crippen MR) is 36.9 cm³/mol. The lowest BCUT2D eigenvalue weighted by molar-refractivity contribution is -0.140. The van der Waals surface area contributed by atoms with Crippen LogP contribution in [0.5, 0.6) is 0 Å². The van der Waals surface area contributed by atoms with Crippen LogP contribution in [0.25, 0.3) is 0 Å². The summed E-state index contributed by atoms with van der Waals surface area (Å²) in [4.78, 5) is 10.5. The molecule has 0 amide bonds. The van der Waals surface area contributed by atoms with E-state index >= 15 is 0 Å². The van der Waals surface area contributed by atoms with Crippen molar-refractivity contribution in [1.82, 2.24) is 0 Å². The second-order valence-electron chi connectivity index (χ2n) is 3.71. The zero-order valence-electron chi connectivity index (χ0n) is 6.46. The Morgan fingerprint density at radius 2 is 2.17 bits per heavy atom. The van der Waals surface area contributed by atoms with Gasteiger partial charge in [-0.25, -0.2) is 8.78 Å². The van der Waals surface area contributed by atoms with Gasteiger partial charge in [-0.1, -0.05) is 0 Å². The molecule has 0 aromatic carbocycles. The summed E-state index contributed by atoms with van der Waals surface area (Å²) in [7, 11) is 0. The molecule has 2 rings (SSSR count). The molecule has 2 nitrogen and oxygen atoms in total. The SMILES string of the molecule is O=C(O)C1C2CCCC(F)(F)C21. The highest BCUT2D eigenvalue weighted by atomic mass is 19.3. The first-order chi connectivity index (χ1) is 5.54. The minimum absolute atomic E-state index is 0.127. The lowest BCUT2D eigenvalue weighted by atomic mass is 9.97. The van der Waals surface area contributed by atoms with Gasteiger partial charge in [-0.3, -0.25) is 4.79 Å². The summed E-state index contributed by atoms with van der Waals surface area (Å²) in [5, 5.41) is 8.58. The van der Waals surface area contributed by atoms with Gasteiger partial charge >= 0.3 is 5.97 Å².